The lowest BCUT2D eigenvalue weighted by Gasteiger charge is -2.13. The largest absolute Gasteiger partial charge is 0.379 e. The lowest BCUT2D eigenvalue weighted by atomic mass is 9.97. The summed E-state index contributed by atoms with van der Waals surface area (Å²) in [7, 11) is 0. The molecule has 0 aliphatic carbocycles. The van der Waals surface area contributed by atoms with Gasteiger partial charge in [-0.15, -0.1) is 11.8 Å². The Hall–Kier alpha value is -0.190. The second kappa shape index (κ2) is 22.0. The van der Waals surface area contributed by atoms with Crippen molar-refractivity contribution in [1.29, 1.82) is 0 Å². The van der Waals surface area contributed by atoms with Crippen molar-refractivity contribution in [3.05, 3.63) is 11.6 Å². The van der Waals surface area contributed by atoms with Gasteiger partial charge in [-0.2, -0.15) is 0 Å². The number of hydrogen-bond donors (Lipinski definition) is 0. The minimum Gasteiger partial charge on any atom is -0.379 e. The van der Waals surface area contributed by atoms with Crippen LogP contribution in [-0.4, -0.2) is 43.2 Å². The van der Waals surface area contributed by atoms with Crippen LogP contribution in [0.3, 0.4) is 0 Å². The first kappa shape index (κ1) is 30.0. The first-order valence-electron chi connectivity index (χ1n) is 15.1. The van der Waals surface area contributed by atoms with E-state index >= 15 is 0 Å². The van der Waals surface area contributed by atoms with Gasteiger partial charge in [-0.05, 0) is 37.0 Å². The van der Waals surface area contributed by atoms with Gasteiger partial charge in [0.05, 0.1) is 18.6 Å². The van der Waals surface area contributed by atoms with Crippen LogP contribution < -0.4 is 0 Å². The molecule has 1 fully saturated rings. The van der Waals surface area contributed by atoms with Gasteiger partial charge in [-0.25, -0.2) is 0 Å². The van der Waals surface area contributed by atoms with Crippen LogP contribution in [0, 0.1) is 5.92 Å². The molecule has 0 aromatic rings. The third-order valence-electron chi connectivity index (χ3n) is 7.53. The number of hydrogen-bond acceptors (Lipinski definition) is 4. The highest BCUT2D eigenvalue weighted by Gasteiger charge is 2.24. The Labute approximate surface area is 217 Å². The minimum atomic E-state index is 0.360. The van der Waals surface area contributed by atoms with E-state index in [-0.39, 0.29) is 0 Å². The van der Waals surface area contributed by atoms with Gasteiger partial charge in [-0.1, -0.05) is 110 Å². The molecule has 0 radical (unpaired) electrons. The van der Waals surface area contributed by atoms with Crippen molar-refractivity contribution in [3.63, 3.8) is 0 Å². The molecule has 0 saturated carbocycles. The predicted octanol–water partition coefficient (Wildman–Crippen LogP) is 9.32. The highest BCUT2D eigenvalue weighted by molar-refractivity contribution is 8.02. The topological polar surface area (TPSA) is 21.7 Å². The maximum absolute atomic E-state index is 6.00. The van der Waals surface area contributed by atoms with Crippen LogP contribution in [0.2, 0.25) is 0 Å². The Morgan fingerprint density at radius 2 is 1.41 bits per heavy atom. The first-order chi connectivity index (χ1) is 16.9. The summed E-state index contributed by atoms with van der Waals surface area (Å²) in [5.74, 6) is 1.93. The molecule has 0 spiro atoms. The molecule has 200 valence electrons. The Morgan fingerprint density at radius 3 is 2.06 bits per heavy atom. The first-order valence-corrected chi connectivity index (χ1v) is 16.1. The van der Waals surface area contributed by atoms with Crippen molar-refractivity contribution in [2.75, 3.05) is 32.2 Å². The Balaban J connectivity index is 1.26. The summed E-state index contributed by atoms with van der Waals surface area (Å²) in [6.07, 6.45) is 30.4. The standard InChI is InChI=1S/C30H57NO2S/c1-2-3-4-5-6-7-8-9-10-11-12-14-17-20-29-25-30(33-26-29)27-32-23-19-16-13-15-18-21-31-22-24-34-28-31/h22,24,29-30H,2-21,23,25-28H2,1H3. The van der Waals surface area contributed by atoms with Gasteiger partial charge in [0.2, 0.25) is 0 Å². The van der Waals surface area contributed by atoms with E-state index in [1.807, 2.05) is 11.8 Å². The fourth-order valence-corrected chi connectivity index (χ4v) is 6.01. The van der Waals surface area contributed by atoms with Crippen LogP contribution in [0.1, 0.15) is 135 Å². The maximum Gasteiger partial charge on any atom is 0.0812 e. The maximum atomic E-state index is 6.00. The van der Waals surface area contributed by atoms with Crippen molar-refractivity contribution in [1.82, 2.24) is 4.90 Å². The highest BCUT2D eigenvalue weighted by Crippen LogP contribution is 2.25. The van der Waals surface area contributed by atoms with Crippen molar-refractivity contribution >= 4 is 11.8 Å². The van der Waals surface area contributed by atoms with Gasteiger partial charge in [-0.3, -0.25) is 0 Å². The second-order valence-electron chi connectivity index (χ2n) is 10.8. The Morgan fingerprint density at radius 1 is 0.794 bits per heavy atom. The lowest BCUT2D eigenvalue weighted by Crippen LogP contribution is -2.15. The molecule has 4 heteroatoms. The third-order valence-corrected chi connectivity index (χ3v) is 8.32. The molecule has 1 saturated heterocycles. The molecule has 2 aliphatic rings. The van der Waals surface area contributed by atoms with Crippen LogP contribution in [0.5, 0.6) is 0 Å². The fourth-order valence-electron chi connectivity index (χ4n) is 5.26. The number of thioether (sulfide) groups is 1. The van der Waals surface area contributed by atoms with Crippen molar-refractivity contribution in [3.8, 4) is 0 Å². The van der Waals surface area contributed by atoms with E-state index < -0.39 is 0 Å². The van der Waals surface area contributed by atoms with E-state index in [2.05, 4.69) is 23.4 Å². The van der Waals surface area contributed by atoms with E-state index in [0.717, 1.165) is 31.6 Å². The van der Waals surface area contributed by atoms with E-state index in [9.17, 15) is 0 Å². The van der Waals surface area contributed by atoms with Crippen LogP contribution in [0.25, 0.3) is 0 Å². The van der Waals surface area contributed by atoms with Gasteiger partial charge in [0.15, 0.2) is 0 Å². The smallest absolute Gasteiger partial charge is 0.0812 e. The molecule has 2 heterocycles. The number of nitrogens with zero attached hydrogens (tertiary/aromatic N) is 1. The van der Waals surface area contributed by atoms with Crippen LogP contribution in [0.4, 0.5) is 0 Å². The van der Waals surface area contributed by atoms with E-state index in [0.29, 0.717) is 6.10 Å². The summed E-state index contributed by atoms with van der Waals surface area (Å²) < 4.78 is 11.9. The molecule has 0 N–H and O–H groups in total. The average Bonchev–Trinajstić information content (AvgIpc) is 3.53. The monoisotopic (exact) mass is 495 g/mol. The quantitative estimate of drug-likeness (QED) is 0.124. The summed E-state index contributed by atoms with van der Waals surface area (Å²) in [5, 5.41) is 2.20. The van der Waals surface area contributed by atoms with E-state index in [1.165, 1.54) is 135 Å². The molecule has 34 heavy (non-hydrogen) atoms. The second-order valence-corrected chi connectivity index (χ2v) is 11.7. The zero-order valence-electron chi connectivity index (χ0n) is 22.7. The summed E-state index contributed by atoms with van der Waals surface area (Å²) >= 11 is 1.90. The highest BCUT2D eigenvalue weighted by atomic mass is 32.2. The van der Waals surface area contributed by atoms with Gasteiger partial charge < -0.3 is 14.4 Å². The van der Waals surface area contributed by atoms with E-state index in [1.54, 1.807) is 0 Å². The predicted molar refractivity (Wildman–Crippen MR) is 150 cm³/mol. The normalized spacial score (nSPS) is 20.1. The molecule has 2 atom stereocenters. The SMILES string of the molecule is CCCCCCCCCCCCCCCC1COC(COCCCCCCCN2C=CSC2)C1. The number of rotatable bonds is 24. The van der Waals surface area contributed by atoms with Crippen molar-refractivity contribution in [2.24, 2.45) is 5.92 Å². The zero-order chi connectivity index (χ0) is 23.9. The fraction of sp³-hybridized carbons (Fsp3) is 0.933. The van der Waals surface area contributed by atoms with Gasteiger partial charge in [0.1, 0.15) is 0 Å². The lowest BCUT2D eigenvalue weighted by molar-refractivity contribution is 0.0153. The molecule has 0 aromatic carbocycles. The van der Waals surface area contributed by atoms with Crippen LogP contribution in [-0.2, 0) is 9.47 Å². The molecule has 2 aliphatic heterocycles. The summed E-state index contributed by atoms with van der Waals surface area (Å²) in [5.41, 5.74) is 0. The average molecular weight is 496 g/mol. The Bertz CT molecular complexity index is 473. The summed E-state index contributed by atoms with van der Waals surface area (Å²) in [6, 6.07) is 0. The third kappa shape index (κ3) is 16.5. The van der Waals surface area contributed by atoms with Crippen LogP contribution in [0.15, 0.2) is 11.6 Å². The van der Waals surface area contributed by atoms with Crippen molar-refractivity contribution < 1.29 is 9.47 Å². The van der Waals surface area contributed by atoms with E-state index in [4.69, 9.17) is 9.47 Å². The van der Waals surface area contributed by atoms with Gasteiger partial charge in [0, 0.05) is 26.0 Å². The minimum absolute atomic E-state index is 0.360. The summed E-state index contributed by atoms with van der Waals surface area (Å²) in [6.45, 7) is 6.21. The Kier molecular flexibility index (Phi) is 19.5. The molecule has 3 nitrogen and oxygen atoms in total. The number of ether oxygens (including phenoxy) is 2. The van der Waals surface area contributed by atoms with Gasteiger partial charge in [0.25, 0.3) is 0 Å². The molecule has 2 rings (SSSR count). The number of unbranched alkanes of at least 4 members (excludes halogenated alkanes) is 16. The molecule has 0 bridgehead atoms. The molecule has 2 unspecified atom stereocenters. The van der Waals surface area contributed by atoms with Gasteiger partial charge >= 0.3 is 0 Å². The summed E-state index contributed by atoms with van der Waals surface area (Å²) in [4.78, 5) is 2.42. The van der Waals surface area contributed by atoms with Crippen molar-refractivity contribution in [2.45, 2.75) is 141 Å². The molecular formula is C30H57NO2S. The molecule has 0 amide bonds. The van der Waals surface area contributed by atoms with Crippen LogP contribution >= 0.6 is 11.8 Å². The zero-order valence-corrected chi connectivity index (χ0v) is 23.5. The molecule has 0 aromatic heterocycles. The molecular weight excluding hydrogens is 438 g/mol.